The molecule has 10 heteroatoms. The zero-order valence-corrected chi connectivity index (χ0v) is 24.3. The van der Waals surface area contributed by atoms with Gasteiger partial charge in [-0.3, -0.25) is 19.3 Å². The first-order chi connectivity index (χ1) is 19.3. The molecule has 7 nitrogen and oxygen atoms in total. The first-order valence-electron chi connectivity index (χ1n) is 12.1. The van der Waals surface area contributed by atoms with E-state index in [1.165, 1.54) is 7.11 Å². The number of amides is 3. The molecule has 1 fully saturated rings. The lowest BCUT2D eigenvalue weighted by molar-refractivity contribution is -0.127. The van der Waals surface area contributed by atoms with Crippen LogP contribution in [0.5, 0.6) is 11.5 Å². The van der Waals surface area contributed by atoms with Gasteiger partial charge in [0.05, 0.1) is 16.5 Å². The van der Waals surface area contributed by atoms with Crippen LogP contribution in [0.2, 0.25) is 5.02 Å². The number of carbonyl (C=O) groups is 3. The van der Waals surface area contributed by atoms with Crippen LogP contribution in [0.4, 0.5) is 10.5 Å². The molecule has 0 saturated carbocycles. The maximum Gasteiger partial charge on any atom is 0.294 e. The van der Waals surface area contributed by atoms with E-state index >= 15 is 0 Å². The van der Waals surface area contributed by atoms with E-state index in [0.29, 0.717) is 38.9 Å². The van der Waals surface area contributed by atoms with Crippen molar-refractivity contribution in [2.45, 2.75) is 6.61 Å². The summed E-state index contributed by atoms with van der Waals surface area (Å²) in [7, 11) is 1.53. The predicted molar refractivity (Wildman–Crippen MR) is 162 cm³/mol. The fourth-order valence-electron chi connectivity index (χ4n) is 4.20. The Bertz CT molecular complexity index is 1650. The van der Waals surface area contributed by atoms with Crippen molar-refractivity contribution in [2.75, 3.05) is 19.0 Å². The van der Waals surface area contributed by atoms with Crippen molar-refractivity contribution in [1.29, 1.82) is 0 Å². The summed E-state index contributed by atoms with van der Waals surface area (Å²) >= 11 is 10.2. The summed E-state index contributed by atoms with van der Waals surface area (Å²) in [6, 6.07) is 24.2. The Kier molecular flexibility index (Phi) is 8.44. The number of hydrogen-bond donors (Lipinski definition) is 1. The molecule has 1 heterocycles. The van der Waals surface area contributed by atoms with Gasteiger partial charge in [-0.1, -0.05) is 54.1 Å². The van der Waals surface area contributed by atoms with Crippen molar-refractivity contribution in [3.05, 3.63) is 104 Å². The molecule has 1 aliphatic rings. The lowest BCUT2D eigenvalue weighted by atomic mass is 10.1. The molecule has 0 atom stereocenters. The number of fused-ring (bicyclic) bond motifs is 1. The number of imide groups is 1. The minimum Gasteiger partial charge on any atom is -0.493 e. The molecular formula is C30H22BrClN2O5S. The highest BCUT2D eigenvalue weighted by molar-refractivity contribution is 9.10. The summed E-state index contributed by atoms with van der Waals surface area (Å²) in [5.74, 6) is -0.0717. The number of nitrogens with zero attached hydrogens (tertiary/aromatic N) is 1. The highest BCUT2D eigenvalue weighted by atomic mass is 79.9. The van der Waals surface area contributed by atoms with Gasteiger partial charge in [-0.2, -0.15) is 0 Å². The molecule has 4 aromatic carbocycles. The van der Waals surface area contributed by atoms with Gasteiger partial charge in [0.2, 0.25) is 5.91 Å². The number of ether oxygens (including phenoxy) is 2. The van der Waals surface area contributed by atoms with Gasteiger partial charge in [-0.15, -0.1) is 0 Å². The van der Waals surface area contributed by atoms with E-state index in [1.807, 2.05) is 24.3 Å². The second kappa shape index (κ2) is 12.2. The smallest absolute Gasteiger partial charge is 0.294 e. The van der Waals surface area contributed by atoms with E-state index in [4.69, 9.17) is 21.1 Å². The standard InChI is InChI=1S/C30H22BrClN2O5S/c1-38-25-14-18(13-24(31)28(25)39-17-20-7-4-6-19-5-2-3-8-23(19)20)15-26-29(36)34(30(37)40-26)16-27(35)33-22-11-9-21(32)10-12-22/h2-15H,16-17H2,1H3,(H,33,35)/b26-15+. The fourth-order valence-corrected chi connectivity index (χ4v) is 5.73. The van der Waals surface area contributed by atoms with Gasteiger partial charge in [-0.05, 0) is 92.1 Å². The summed E-state index contributed by atoms with van der Waals surface area (Å²) in [5, 5.41) is 4.89. The van der Waals surface area contributed by atoms with Gasteiger partial charge in [0, 0.05) is 10.7 Å². The van der Waals surface area contributed by atoms with Gasteiger partial charge < -0.3 is 14.8 Å². The van der Waals surface area contributed by atoms with Crippen LogP contribution in [0.3, 0.4) is 0 Å². The average Bonchev–Trinajstić information content (AvgIpc) is 3.20. The largest absolute Gasteiger partial charge is 0.493 e. The molecular weight excluding hydrogens is 616 g/mol. The molecule has 1 saturated heterocycles. The van der Waals surface area contributed by atoms with Crippen molar-refractivity contribution in [3.63, 3.8) is 0 Å². The molecule has 202 valence electrons. The summed E-state index contributed by atoms with van der Waals surface area (Å²) in [6.07, 6.45) is 1.59. The maximum absolute atomic E-state index is 13.0. The van der Waals surface area contributed by atoms with Crippen LogP contribution in [-0.2, 0) is 16.2 Å². The Morgan fingerprint density at radius 2 is 1.80 bits per heavy atom. The number of methoxy groups -OCH3 is 1. The molecule has 0 bridgehead atoms. The lowest BCUT2D eigenvalue weighted by Crippen LogP contribution is -2.36. The molecule has 0 aromatic heterocycles. The van der Waals surface area contributed by atoms with Gasteiger partial charge >= 0.3 is 0 Å². The molecule has 3 amide bonds. The van der Waals surface area contributed by atoms with E-state index in [2.05, 4.69) is 39.4 Å². The highest BCUT2D eigenvalue weighted by Gasteiger charge is 2.36. The van der Waals surface area contributed by atoms with Crippen LogP contribution in [0.25, 0.3) is 16.8 Å². The Morgan fingerprint density at radius 3 is 2.58 bits per heavy atom. The molecule has 0 spiro atoms. The van der Waals surface area contributed by atoms with Crippen LogP contribution in [0.15, 0.2) is 88.2 Å². The highest BCUT2D eigenvalue weighted by Crippen LogP contribution is 2.39. The van der Waals surface area contributed by atoms with Crippen LogP contribution in [0, 0.1) is 0 Å². The quantitative estimate of drug-likeness (QED) is 0.201. The maximum atomic E-state index is 13.0. The number of benzene rings is 4. The van der Waals surface area contributed by atoms with Gasteiger partial charge in [0.15, 0.2) is 11.5 Å². The number of halogens is 2. The molecule has 0 unspecified atom stereocenters. The molecule has 5 rings (SSSR count). The fraction of sp³-hybridized carbons (Fsp3) is 0.100. The Balaban J connectivity index is 1.30. The first kappa shape index (κ1) is 27.8. The van der Waals surface area contributed by atoms with E-state index in [1.54, 1.807) is 42.5 Å². The predicted octanol–water partition coefficient (Wildman–Crippen LogP) is 7.52. The summed E-state index contributed by atoms with van der Waals surface area (Å²) in [6.45, 7) is -0.0781. The number of anilines is 1. The third kappa shape index (κ3) is 6.17. The summed E-state index contributed by atoms with van der Waals surface area (Å²) in [5.41, 5.74) is 2.17. The van der Waals surface area contributed by atoms with Crippen LogP contribution in [0.1, 0.15) is 11.1 Å². The van der Waals surface area contributed by atoms with E-state index in [9.17, 15) is 14.4 Å². The monoisotopic (exact) mass is 636 g/mol. The molecule has 1 aliphatic heterocycles. The summed E-state index contributed by atoms with van der Waals surface area (Å²) in [4.78, 5) is 39.1. The van der Waals surface area contributed by atoms with Gasteiger partial charge in [0.1, 0.15) is 13.2 Å². The van der Waals surface area contributed by atoms with E-state index in [-0.39, 0.29) is 4.91 Å². The normalized spacial score (nSPS) is 14.2. The number of nitrogens with one attached hydrogen (secondary N) is 1. The molecule has 1 N–H and O–H groups in total. The molecule has 4 aromatic rings. The molecule has 0 aliphatic carbocycles. The van der Waals surface area contributed by atoms with Crippen molar-refractivity contribution < 1.29 is 23.9 Å². The number of hydrogen-bond acceptors (Lipinski definition) is 6. The average molecular weight is 638 g/mol. The Hall–Kier alpha value is -3.79. The van der Waals surface area contributed by atoms with Gasteiger partial charge in [-0.25, -0.2) is 0 Å². The van der Waals surface area contributed by atoms with E-state index < -0.39 is 23.6 Å². The lowest BCUT2D eigenvalue weighted by Gasteiger charge is -2.15. The molecule has 0 radical (unpaired) electrons. The summed E-state index contributed by atoms with van der Waals surface area (Å²) < 4.78 is 12.4. The van der Waals surface area contributed by atoms with Gasteiger partial charge in [0.25, 0.3) is 11.1 Å². The SMILES string of the molecule is COc1cc(/C=C2/SC(=O)N(CC(=O)Nc3ccc(Cl)cc3)C2=O)cc(Br)c1OCc1cccc2ccccc12. The van der Waals surface area contributed by atoms with Crippen molar-refractivity contribution in [1.82, 2.24) is 4.90 Å². The third-order valence-electron chi connectivity index (χ3n) is 6.10. The van der Waals surface area contributed by atoms with Crippen molar-refractivity contribution in [3.8, 4) is 11.5 Å². The van der Waals surface area contributed by atoms with E-state index in [0.717, 1.165) is 33.0 Å². The number of rotatable bonds is 8. The van der Waals surface area contributed by atoms with Crippen LogP contribution < -0.4 is 14.8 Å². The topological polar surface area (TPSA) is 84.9 Å². The first-order valence-corrected chi connectivity index (χ1v) is 14.1. The van der Waals surface area contributed by atoms with Crippen molar-refractivity contribution >= 4 is 78.9 Å². The second-order valence-electron chi connectivity index (χ2n) is 8.78. The number of carbonyl (C=O) groups excluding carboxylic acids is 3. The molecule has 40 heavy (non-hydrogen) atoms. The second-order valence-corrected chi connectivity index (χ2v) is 11.1. The minimum absolute atomic E-state index is 0.197. The van der Waals surface area contributed by atoms with Crippen LogP contribution >= 0.6 is 39.3 Å². The van der Waals surface area contributed by atoms with Crippen molar-refractivity contribution in [2.24, 2.45) is 0 Å². The third-order valence-corrected chi connectivity index (χ3v) is 7.85. The zero-order valence-electron chi connectivity index (χ0n) is 21.1. The van der Waals surface area contributed by atoms with Crippen LogP contribution in [-0.4, -0.2) is 35.6 Å². The number of thioether (sulfide) groups is 1. The zero-order chi connectivity index (χ0) is 28.2. The Morgan fingerprint density at radius 1 is 1.05 bits per heavy atom. The minimum atomic E-state index is -0.548. The Labute approximate surface area is 248 Å².